The summed E-state index contributed by atoms with van der Waals surface area (Å²) < 4.78 is 5.96. The number of ketones is 1. The minimum atomic E-state index is -0.616. The highest BCUT2D eigenvalue weighted by Gasteiger charge is 2.45. The van der Waals surface area contributed by atoms with Crippen LogP contribution in [0, 0.1) is 5.41 Å². The van der Waals surface area contributed by atoms with E-state index in [0.29, 0.717) is 19.4 Å². The first-order valence-electron chi connectivity index (χ1n) is 6.51. The summed E-state index contributed by atoms with van der Waals surface area (Å²) in [4.78, 5) is 24.3. The van der Waals surface area contributed by atoms with Crippen LogP contribution in [-0.4, -0.2) is 18.4 Å². The van der Waals surface area contributed by atoms with Crippen molar-refractivity contribution in [3.63, 3.8) is 0 Å². The summed E-state index contributed by atoms with van der Waals surface area (Å²) in [7, 11) is 0. The highest BCUT2D eigenvalue weighted by molar-refractivity contribution is 9.10. The van der Waals surface area contributed by atoms with Gasteiger partial charge in [0.05, 0.1) is 13.0 Å². The maximum atomic E-state index is 12.6. The van der Waals surface area contributed by atoms with E-state index in [4.69, 9.17) is 4.74 Å². The number of hydrogen-bond donors (Lipinski definition) is 0. The molecule has 3 nitrogen and oxygen atoms in total. The third-order valence-electron chi connectivity index (χ3n) is 3.79. The quantitative estimate of drug-likeness (QED) is 0.795. The van der Waals surface area contributed by atoms with Crippen molar-refractivity contribution in [2.24, 2.45) is 5.41 Å². The zero-order valence-electron chi connectivity index (χ0n) is 11.2. The molecule has 1 aromatic rings. The van der Waals surface area contributed by atoms with Crippen LogP contribution in [0.1, 0.15) is 42.6 Å². The zero-order chi connectivity index (χ0) is 14.0. The van der Waals surface area contributed by atoms with Crippen molar-refractivity contribution in [1.82, 2.24) is 0 Å². The largest absolute Gasteiger partial charge is 0.466 e. The Bertz CT molecular complexity index is 524. The molecule has 1 aromatic carbocycles. The van der Waals surface area contributed by atoms with E-state index >= 15 is 0 Å². The van der Waals surface area contributed by atoms with Crippen molar-refractivity contribution in [1.29, 1.82) is 0 Å². The van der Waals surface area contributed by atoms with E-state index in [-0.39, 0.29) is 18.2 Å². The van der Waals surface area contributed by atoms with E-state index in [1.807, 2.05) is 25.1 Å². The van der Waals surface area contributed by atoms with Crippen LogP contribution in [-0.2, 0) is 16.0 Å². The molecule has 0 heterocycles. The van der Waals surface area contributed by atoms with Crippen molar-refractivity contribution in [2.45, 2.75) is 33.1 Å². The van der Waals surface area contributed by atoms with E-state index < -0.39 is 5.41 Å². The van der Waals surface area contributed by atoms with Gasteiger partial charge in [-0.3, -0.25) is 9.59 Å². The fourth-order valence-electron chi connectivity index (χ4n) is 2.70. The first kappa shape index (κ1) is 14.3. The van der Waals surface area contributed by atoms with Crippen LogP contribution in [0.2, 0.25) is 0 Å². The highest BCUT2D eigenvalue weighted by Crippen LogP contribution is 2.43. The van der Waals surface area contributed by atoms with Gasteiger partial charge in [0.2, 0.25) is 0 Å². The van der Waals surface area contributed by atoms with Gasteiger partial charge in [-0.1, -0.05) is 22.9 Å². The number of carbonyl (C=O) groups excluding carboxylic acids is 2. The van der Waals surface area contributed by atoms with Crippen LogP contribution in [0.4, 0.5) is 0 Å². The van der Waals surface area contributed by atoms with E-state index in [1.54, 1.807) is 6.92 Å². The number of Topliss-reactive ketones (excluding diaryl/α,β-unsaturated/α-hetero) is 1. The molecule has 0 saturated carbocycles. The summed E-state index contributed by atoms with van der Waals surface area (Å²) in [6.45, 7) is 4.09. The van der Waals surface area contributed by atoms with Crippen molar-refractivity contribution in [3.8, 4) is 0 Å². The Morgan fingerprint density at radius 3 is 2.79 bits per heavy atom. The second kappa shape index (κ2) is 5.45. The molecule has 0 amide bonds. The molecule has 2 rings (SSSR count). The third kappa shape index (κ3) is 2.59. The molecule has 0 radical (unpaired) electrons. The van der Waals surface area contributed by atoms with E-state index in [0.717, 1.165) is 15.6 Å². The van der Waals surface area contributed by atoms with E-state index in [2.05, 4.69) is 15.9 Å². The highest BCUT2D eigenvalue weighted by atomic mass is 79.9. The van der Waals surface area contributed by atoms with Crippen molar-refractivity contribution >= 4 is 27.7 Å². The Morgan fingerprint density at radius 2 is 2.16 bits per heavy atom. The lowest BCUT2D eigenvalue weighted by Crippen LogP contribution is -2.31. The number of ether oxygens (including phenoxy) is 1. The fraction of sp³-hybridized carbons (Fsp3) is 0.467. The normalized spacial score (nSPS) is 21.3. The van der Waals surface area contributed by atoms with Gasteiger partial charge >= 0.3 is 5.97 Å². The molecule has 102 valence electrons. The molecule has 1 unspecified atom stereocenters. The molecule has 1 aliphatic rings. The molecular formula is C15H17BrO3. The third-order valence-corrected chi connectivity index (χ3v) is 4.28. The molecule has 0 aromatic heterocycles. The van der Waals surface area contributed by atoms with Crippen molar-refractivity contribution in [3.05, 3.63) is 33.8 Å². The van der Waals surface area contributed by atoms with Gasteiger partial charge in [0.25, 0.3) is 0 Å². The number of esters is 1. The Labute approximate surface area is 121 Å². The SMILES string of the molecule is CCOC(=O)CC1(CC)Cc2cc(Br)ccc2C1=O. The van der Waals surface area contributed by atoms with Gasteiger partial charge in [0.15, 0.2) is 5.78 Å². The fourth-order valence-corrected chi connectivity index (χ4v) is 3.11. The number of hydrogen-bond acceptors (Lipinski definition) is 3. The predicted octanol–water partition coefficient (Wildman–Crippen LogP) is 3.54. The minimum absolute atomic E-state index is 0.0746. The topological polar surface area (TPSA) is 43.4 Å². The van der Waals surface area contributed by atoms with Crippen LogP contribution < -0.4 is 0 Å². The molecule has 0 bridgehead atoms. The first-order valence-corrected chi connectivity index (χ1v) is 7.30. The van der Waals surface area contributed by atoms with Gasteiger partial charge in [-0.2, -0.15) is 0 Å². The standard InChI is InChI=1S/C15H17BrO3/c1-3-15(9-13(17)19-4-2)8-10-7-11(16)5-6-12(10)14(15)18/h5-7H,3-4,8-9H2,1-2H3. The van der Waals surface area contributed by atoms with Gasteiger partial charge in [0.1, 0.15) is 0 Å². The molecule has 0 N–H and O–H groups in total. The smallest absolute Gasteiger partial charge is 0.306 e. The van der Waals surface area contributed by atoms with Crippen LogP contribution >= 0.6 is 15.9 Å². The van der Waals surface area contributed by atoms with Gasteiger partial charge in [-0.05, 0) is 43.5 Å². The molecule has 19 heavy (non-hydrogen) atoms. The lowest BCUT2D eigenvalue weighted by Gasteiger charge is -2.24. The summed E-state index contributed by atoms with van der Waals surface area (Å²) in [6, 6.07) is 5.67. The molecule has 0 spiro atoms. The van der Waals surface area contributed by atoms with E-state index in [9.17, 15) is 9.59 Å². The molecule has 0 saturated heterocycles. The Morgan fingerprint density at radius 1 is 1.42 bits per heavy atom. The van der Waals surface area contributed by atoms with Crippen molar-refractivity contribution < 1.29 is 14.3 Å². The second-order valence-corrected chi connectivity index (χ2v) is 5.84. The number of rotatable bonds is 4. The lowest BCUT2D eigenvalue weighted by molar-refractivity contribution is -0.145. The monoisotopic (exact) mass is 324 g/mol. The minimum Gasteiger partial charge on any atom is -0.466 e. The number of benzene rings is 1. The molecule has 1 atom stereocenters. The van der Waals surface area contributed by atoms with Crippen LogP contribution in [0.3, 0.4) is 0 Å². The van der Waals surface area contributed by atoms with Gasteiger partial charge in [-0.25, -0.2) is 0 Å². The Hall–Kier alpha value is -1.16. The Kier molecular flexibility index (Phi) is 4.09. The van der Waals surface area contributed by atoms with Gasteiger partial charge in [0, 0.05) is 15.5 Å². The average Bonchev–Trinajstić information content (AvgIpc) is 2.63. The van der Waals surface area contributed by atoms with Crippen molar-refractivity contribution in [2.75, 3.05) is 6.61 Å². The number of halogens is 1. The molecule has 0 fully saturated rings. The van der Waals surface area contributed by atoms with Crippen LogP contribution in [0.5, 0.6) is 0 Å². The van der Waals surface area contributed by atoms with Crippen LogP contribution in [0.25, 0.3) is 0 Å². The number of carbonyl (C=O) groups is 2. The molecule has 1 aliphatic carbocycles. The summed E-state index contributed by atoms with van der Waals surface area (Å²) in [6.07, 6.45) is 1.44. The molecule has 4 heteroatoms. The lowest BCUT2D eigenvalue weighted by atomic mass is 9.78. The Balaban J connectivity index is 2.30. The maximum absolute atomic E-state index is 12.6. The van der Waals surface area contributed by atoms with Crippen LogP contribution in [0.15, 0.2) is 22.7 Å². The molecular weight excluding hydrogens is 308 g/mol. The number of fused-ring (bicyclic) bond motifs is 1. The predicted molar refractivity (Wildman–Crippen MR) is 76.2 cm³/mol. The van der Waals surface area contributed by atoms with E-state index in [1.165, 1.54) is 0 Å². The summed E-state index contributed by atoms with van der Waals surface area (Å²) in [5.74, 6) is -0.213. The first-order chi connectivity index (χ1) is 9.02. The molecule has 0 aliphatic heterocycles. The van der Waals surface area contributed by atoms with Gasteiger partial charge < -0.3 is 4.74 Å². The zero-order valence-corrected chi connectivity index (χ0v) is 12.7. The second-order valence-electron chi connectivity index (χ2n) is 4.92. The maximum Gasteiger partial charge on any atom is 0.306 e. The van der Waals surface area contributed by atoms with Gasteiger partial charge in [-0.15, -0.1) is 0 Å². The summed E-state index contributed by atoms with van der Waals surface area (Å²) >= 11 is 3.42. The summed E-state index contributed by atoms with van der Waals surface area (Å²) in [5.41, 5.74) is 1.15. The average molecular weight is 325 g/mol. The summed E-state index contributed by atoms with van der Waals surface area (Å²) in [5, 5.41) is 0.